The first kappa shape index (κ1) is 46.3. The Hall–Kier alpha value is -4.79. The number of nitriles is 1. The van der Waals surface area contributed by atoms with Crippen LogP contribution in [0.15, 0.2) is 54.6 Å². The number of hydrogen-bond acceptors (Lipinski definition) is 14. The third-order valence-corrected chi connectivity index (χ3v) is 14.9. The van der Waals surface area contributed by atoms with Gasteiger partial charge in [-0.3, -0.25) is 9.80 Å². The summed E-state index contributed by atoms with van der Waals surface area (Å²) in [7, 11) is 5.15. The van der Waals surface area contributed by atoms with Gasteiger partial charge in [-0.15, -0.1) is 0 Å². The Morgan fingerprint density at radius 3 is 2.35 bits per heavy atom. The summed E-state index contributed by atoms with van der Waals surface area (Å²) < 4.78 is 39.3. The van der Waals surface area contributed by atoms with Crippen LogP contribution >= 0.6 is 46.6 Å². The lowest BCUT2D eigenvalue weighted by Crippen LogP contribution is -2.68. The summed E-state index contributed by atoms with van der Waals surface area (Å²) in [5.74, 6) is 1.93. The zero-order valence-electron chi connectivity index (χ0n) is 36.9. The van der Waals surface area contributed by atoms with E-state index in [1.54, 1.807) is 21.1 Å². The number of thioether (sulfide) groups is 1. The second-order valence-corrected chi connectivity index (χ2v) is 20.7. The van der Waals surface area contributed by atoms with E-state index in [1.807, 2.05) is 38.2 Å². The summed E-state index contributed by atoms with van der Waals surface area (Å²) >= 11 is 19.2. The molecule has 4 heterocycles. The molecule has 2 bridgehead atoms. The van der Waals surface area contributed by atoms with Crippen molar-refractivity contribution in [1.82, 2.24) is 15.1 Å². The molecule has 0 aromatic heterocycles. The first-order chi connectivity index (χ1) is 31.8. The van der Waals surface area contributed by atoms with Crippen molar-refractivity contribution in [3.05, 3.63) is 99.1 Å². The average molecular weight is 980 g/mol. The smallest absolute Gasteiger partial charge is 0.408 e. The lowest BCUT2D eigenvalue weighted by molar-refractivity contribution is -0.150. The van der Waals surface area contributed by atoms with Crippen molar-refractivity contribution in [2.45, 2.75) is 72.7 Å². The van der Waals surface area contributed by atoms with Gasteiger partial charge >= 0.3 is 12.1 Å². The van der Waals surface area contributed by atoms with Gasteiger partial charge in [-0.2, -0.15) is 17.0 Å². The highest BCUT2D eigenvalue weighted by molar-refractivity contribution is 7.99. The zero-order chi connectivity index (χ0) is 46.6. The first-order valence-corrected chi connectivity index (χ1v) is 23.8. The van der Waals surface area contributed by atoms with Gasteiger partial charge in [0.15, 0.2) is 29.8 Å². The van der Waals surface area contributed by atoms with E-state index in [-0.39, 0.29) is 49.7 Å². The number of alkyl halides is 3. The third kappa shape index (κ3) is 8.22. The Labute approximate surface area is 402 Å². The normalized spacial score (nSPS) is 21.9. The number of carbonyl (C=O) groups excluding carboxylic acids is 2. The second kappa shape index (κ2) is 18.7. The van der Waals surface area contributed by atoms with Gasteiger partial charge in [-0.1, -0.05) is 89.4 Å². The highest BCUT2D eigenvalue weighted by Gasteiger charge is 2.57. The van der Waals surface area contributed by atoms with Gasteiger partial charge in [-0.25, -0.2) is 9.59 Å². The standard InChI is InChI=1S/C48H49Cl3N4O10S/c1-24-14-26-15-34-36(17-52)55-35(40(54(34)3)38(26)44(42(24)60-5)63-22-59-4)16-31-39(45-43(64-23-65-45)25(2)41(31)56)37(55)18-61-46(57)33(53-47(58)62-21-48(49,50)51)20-66-19-32-29-12-8-6-10-27(29)28-11-7-9-13-30(28)32/h6-14,32-37,40,56H,15-16,18-23H2,1-5H3,(H,53,58)/t33-,34+,35?,36+,37+,40-/m1/s1. The fourth-order valence-corrected chi connectivity index (χ4v) is 12.1. The number of phenols is 1. The largest absolute Gasteiger partial charge is 0.507 e. The van der Waals surface area contributed by atoms with Crippen LogP contribution in [0, 0.1) is 25.2 Å². The number of carbonyl (C=O) groups is 2. The number of esters is 1. The summed E-state index contributed by atoms with van der Waals surface area (Å²) in [5.41, 5.74) is 9.14. The predicted molar refractivity (Wildman–Crippen MR) is 249 cm³/mol. The molecule has 1 aliphatic carbocycles. The minimum absolute atomic E-state index is 0.0274. The number of aromatic hydroxyl groups is 1. The van der Waals surface area contributed by atoms with Gasteiger partial charge in [0.05, 0.1) is 25.3 Å². The molecule has 0 saturated carbocycles. The molecule has 1 saturated heterocycles. The van der Waals surface area contributed by atoms with Crippen LogP contribution in [-0.2, 0) is 31.8 Å². The summed E-state index contributed by atoms with van der Waals surface area (Å²) in [6, 6.07) is 17.3. The molecule has 0 radical (unpaired) electrons. The molecule has 9 rings (SSSR count). The fraction of sp³-hybridized carbons (Fsp3) is 0.438. The minimum atomic E-state index is -1.88. The quantitative estimate of drug-likeness (QED) is 0.0752. The van der Waals surface area contributed by atoms with E-state index in [0.717, 1.165) is 27.8 Å². The topological polar surface area (TPSA) is 161 Å². The number of phenolic OH excluding ortho intramolecular Hbond substituents is 1. The number of ether oxygens (including phenoxy) is 7. The van der Waals surface area contributed by atoms with E-state index in [0.29, 0.717) is 58.3 Å². The molecule has 0 spiro atoms. The van der Waals surface area contributed by atoms with Crippen LogP contribution in [0.1, 0.15) is 62.5 Å². The number of methoxy groups -OCH3 is 2. The van der Waals surface area contributed by atoms with Crippen LogP contribution in [0.2, 0.25) is 0 Å². The molecule has 1 fully saturated rings. The molecule has 14 nitrogen and oxygen atoms in total. The van der Waals surface area contributed by atoms with Gasteiger partial charge in [0.25, 0.3) is 0 Å². The van der Waals surface area contributed by atoms with Crippen molar-refractivity contribution >= 4 is 58.6 Å². The molecule has 4 aromatic carbocycles. The first-order valence-electron chi connectivity index (χ1n) is 21.5. The lowest BCUT2D eigenvalue weighted by Gasteiger charge is -2.59. The molecular formula is C48H49Cl3N4O10S. The number of alkyl carbamates (subject to hydrolysis) is 1. The van der Waals surface area contributed by atoms with Crippen molar-refractivity contribution in [3.8, 4) is 45.9 Å². The second-order valence-electron chi connectivity index (χ2n) is 17.1. The number of amides is 1. The van der Waals surface area contributed by atoms with Gasteiger partial charge in [-0.05, 0) is 67.1 Å². The summed E-state index contributed by atoms with van der Waals surface area (Å²) in [4.78, 5) is 32.1. The predicted octanol–water partition coefficient (Wildman–Crippen LogP) is 8.05. The van der Waals surface area contributed by atoms with E-state index in [2.05, 4.69) is 51.5 Å². The average Bonchev–Trinajstić information content (AvgIpc) is 3.91. The number of fused-ring (bicyclic) bond motifs is 12. The molecular weight excluding hydrogens is 931 g/mol. The minimum Gasteiger partial charge on any atom is -0.507 e. The van der Waals surface area contributed by atoms with Gasteiger partial charge in [0.2, 0.25) is 10.6 Å². The van der Waals surface area contributed by atoms with Gasteiger partial charge in [0, 0.05) is 58.9 Å². The van der Waals surface area contributed by atoms with E-state index >= 15 is 0 Å². The van der Waals surface area contributed by atoms with Crippen molar-refractivity contribution in [2.75, 3.05) is 59.6 Å². The lowest BCUT2D eigenvalue weighted by atomic mass is 9.71. The molecule has 4 aromatic rings. The zero-order valence-corrected chi connectivity index (χ0v) is 40.0. The number of likely N-dealkylation sites (N-methyl/N-ethyl adjacent to an activating group) is 1. The number of nitrogens with one attached hydrogen (secondary N) is 1. The molecule has 1 unspecified atom stereocenters. The van der Waals surface area contributed by atoms with Crippen LogP contribution in [0.25, 0.3) is 11.1 Å². The number of halogens is 3. The van der Waals surface area contributed by atoms with Crippen LogP contribution in [-0.4, -0.2) is 115 Å². The third-order valence-electron chi connectivity index (χ3n) is 13.5. The van der Waals surface area contributed by atoms with Crippen LogP contribution in [0.3, 0.4) is 0 Å². The van der Waals surface area contributed by atoms with Crippen molar-refractivity contribution in [3.63, 3.8) is 0 Å². The van der Waals surface area contributed by atoms with Gasteiger partial charge < -0.3 is 43.6 Å². The number of hydrogen-bond donors (Lipinski definition) is 2. The van der Waals surface area contributed by atoms with E-state index < -0.39 is 46.6 Å². The van der Waals surface area contributed by atoms with Crippen LogP contribution < -0.4 is 24.3 Å². The van der Waals surface area contributed by atoms with Crippen LogP contribution in [0.5, 0.6) is 28.7 Å². The monoisotopic (exact) mass is 978 g/mol. The van der Waals surface area contributed by atoms with Crippen molar-refractivity contribution in [2.24, 2.45) is 0 Å². The molecule has 348 valence electrons. The summed E-state index contributed by atoms with van der Waals surface area (Å²) in [6.07, 6.45) is -0.172. The van der Waals surface area contributed by atoms with Crippen LogP contribution in [0.4, 0.5) is 4.79 Å². The number of benzene rings is 4. The van der Waals surface area contributed by atoms with Crippen molar-refractivity contribution < 1.29 is 47.9 Å². The van der Waals surface area contributed by atoms with E-state index in [1.165, 1.54) is 22.9 Å². The molecule has 6 atom stereocenters. The molecule has 5 aliphatic rings. The number of nitrogens with zero attached hydrogens (tertiary/aromatic N) is 3. The molecule has 2 N–H and O–H groups in total. The highest BCUT2D eigenvalue weighted by atomic mass is 35.6. The number of aryl methyl sites for hydroxylation is 1. The summed E-state index contributed by atoms with van der Waals surface area (Å²) in [5, 5.41) is 25.8. The SMILES string of the molecule is COCOc1c(OC)c(C)cc2c1[C@H]1C3Cc4c(O)c(C)c5c(c4[C@H](COC(=O)[C@@H](CSCC4c6ccccc6-c6ccccc64)NC(=O)OCC(Cl)(Cl)Cl)N3[C@@H](C#N)[C@H](C2)N1C)OCO5. The Morgan fingerprint density at radius 2 is 1.68 bits per heavy atom. The Kier molecular flexibility index (Phi) is 13.1. The Balaban J connectivity index is 1.06. The maximum absolute atomic E-state index is 14.6. The Bertz CT molecular complexity index is 2560. The number of rotatable bonds is 13. The molecule has 4 aliphatic heterocycles. The molecule has 1 amide bonds. The van der Waals surface area contributed by atoms with Gasteiger partial charge in [0.1, 0.15) is 31.0 Å². The molecule has 66 heavy (non-hydrogen) atoms. The Morgan fingerprint density at radius 1 is 0.985 bits per heavy atom. The fourth-order valence-electron chi connectivity index (χ4n) is 10.7. The van der Waals surface area contributed by atoms with Crippen molar-refractivity contribution in [1.29, 1.82) is 5.26 Å². The number of piperazine rings is 1. The van der Waals surface area contributed by atoms with E-state index in [4.69, 9.17) is 68.0 Å². The maximum Gasteiger partial charge on any atom is 0.408 e. The summed E-state index contributed by atoms with van der Waals surface area (Å²) in [6.45, 7) is 2.77. The highest BCUT2D eigenvalue weighted by Crippen LogP contribution is 2.58. The molecule has 18 heteroatoms. The maximum atomic E-state index is 14.6. The van der Waals surface area contributed by atoms with E-state index in [9.17, 15) is 20.0 Å².